The van der Waals surface area contributed by atoms with Crippen molar-refractivity contribution in [2.45, 2.75) is 5.25 Å². The van der Waals surface area contributed by atoms with Crippen LogP contribution in [-0.2, 0) is 16.6 Å². The molecule has 75 valence electrons. The summed E-state index contributed by atoms with van der Waals surface area (Å²) in [5.74, 6) is -0.335. The highest BCUT2D eigenvalue weighted by Crippen LogP contribution is 2.14. The fraction of sp³-hybridized carbons (Fsp3) is 0.429. The van der Waals surface area contributed by atoms with Gasteiger partial charge < -0.3 is 9.30 Å². The van der Waals surface area contributed by atoms with Crippen molar-refractivity contribution in [3.05, 3.63) is 11.6 Å². The predicted molar refractivity (Wildman–Crippen MR) is 49.8 cm³/mol. The Balaban J connectivity index is 3.08. The molecule has 1 atom stereocenters. The minimum atomic E-state index is -0.814. The Labute approximate surface area is 85.7 Å². The van der Waals surface area contributed by atoms with Gasteiger partial charge in [0.25, 0.3) is 0 Å². The lowest BCUT2D eigenvalue weighted by Crippen LogP contribution is -2.11. The van der Waals surface area contributed by atoms with E-state index in [1.807, 2.05) is 0 Å². The largest absolute Gasteiger partial charge is 0.463 e. The van der Waals surface area contributed by atoms with Crippen molar-refractivity contribution in [1.29, 1.82) is 0 Å². The van der Waals surface area contributed by atoms with Gasteiger partial charge in [-0.15, -0.1) is 10.2 Å². The molecule has 0 spiro atoms. The van der Waals surface area contributed by atoms with Crippen LogP contribution in [0.25, 0.3) is 0 Å². The van der Waals surface area contributed by atoms with Gasteiger partial charge in [-0.1, -0.05) is 0 Å². The lowest BCUT2D eigenvalue weighted by Gasteiger charge is -2.02. The van der Waals surface area contributed by atoms with Crippen molar-refractivity contribution in [1.82, 2.24) is 14.8 Å². The van der Waals surface area contributed by atoms with Gasteiger partial charge in [0.1, 0.15) is 5.25 Å². The molecule has 14 heavy (non-hydrogen) atoms. The van der Waals surface area contributed by atoms with Gasteiger partial charge in [0.05, 0.1) is 7.11 Å². The number of ether oxygens (including phenoxy) is 1. The van der Waals surface area contributed by atoms with Gasteiger partial charge in [-0.25, -0.2) is 4.79 Å². The normalized spacial score (nSPS) is 12.2. The number of rotatable bonds is 3. The second-order valence-corrected chi connectivity index (χ2v) is 2.97. The molecule has 1 unspecified atom stereocenters. The van der Waals surface area contributed by atoms with Crippen molar-refractivity contribution >= 4 is 24.9 Å². The molecule has 0 aliphatic carbocycles. The fourth-order valence-corrected chi connectivity index (χ4v) is 1.13. The summed E-state index contributed by atoms with van der Waals surface area (Å²) in [4.78, 5) is 21.4. The first kappa shape index (κ1) is 10.7. The van der Waals surface area contributed by atoms with Crippen LogP contribution in [0.2, 0.25) is 0 Å². The van der Waals surface area contributed by atoms with E-state index in [0.717, 1.165) is 0 Å². The molecule has 0 saturated carbocycles. The van der Waals surface area contributed by atoms with E-state index in [-0.39, 0.29) is 11.6 Å². The molecule has 1 aromatic heterocycles. The summed E-state index contributed by atoms with van der Waals surface area (Å²) in [6, 6.07) is 0. The second-order valence-electron chi connectivity index (χ2n) is 2.45. The van der Waals surface area contributed by atoms with Crippen LogP contribution in [-0.4, -0.2) is 34.1 Å². The van der Waals surface area contributed by atoms with E-state index in [1.54, 1.807) is 13.3 Å². The zero-order valence-corrected chi connectivity index (χ0v) is 8.49. The first-order chi connectivity index (χ1) is 6.61. The molecule has 0 amide bonds. The van der Waals surface area contributed by atoms with Crippen LogP contribution in [0.5, 0.6) is 0 Å². The number of carbonyl (C=O) groups is 1. The van der Waals surface area contributed by atoms with Gasteiger partial charge in [0.2, 0.25) is 12.1 Å². The number of thiol groups is 1. The standard InChI is InChI=1S/C7H8N3O3S/c1-10-5(4(14)3-11)8-9-6(10)7(12)13-2/h4,14H,1-2H3. The van der Waals surface area contributed by atoms with Crippen LogP contribution in [0, 0.1) is 0 Å². The molecule has 7 heteroatoms. The van der Waals surface area contributed by atoms with Gasteiger partial charge in [0, 0.05) is 7.05 Å². The zero-order valence-electron chi connectivity index (χ0n) is 7.59. The minimum absolute atomic E-state index is 0.0248. The molecule has 0 aliphatic heterocycles. The number of esters is 1. The number of hydrogen-bond acceptors (Lipinski definition) is 6. The first-order valence-electron chi connectivity index (χ1n) is 3.65. The fourth-order valence-electron chi connectivity index (χ4n) is 0.901. The van der Waals surface area contributed by atoms with Crippen molar-refractivity contribution in [3.8, 4) is 0 Å². The Morgan fingerprint density at radius 1 is 1.64 bits per heavy atom. The molecule has 0 N–H and O–H groups in total. The van der Waals surface area contributed by atoms with E-state index in [4.69, 9.17) is 0 Å². The van der Waals surface area contributed by atoms with Crippen molar-refractivity contribution in [2.75, 3.05) is 7.11 Å². The molecule has 0 aliphatic rings. The van der Waals surface area contributed by atoms with Crippen LogP contribution < -0.4 is 0 Å². The summed E-state index contributed by atoms with van der Waals surface area (Å²) in [6.07, 6.45) is 1.63. The number of aromatic nitrogens is 3. The summed E-state index contributed by atoms with van der Waals surface area (Å²) in [7, 11) is 2.78. The molecule has 1 radical (unpaired) electrons. The van der Waals surface area contributed by atoms with Gasteiger partial charge in [-0.2, -0.15) is 12.6 Å². The highest BCUT2D eigenvalue weighted by molar-refractivity contribution is 7.81. The van der Waals surface area contributed by atoms with Crippen LogP contribution >= 0.6 is 12.6 Å². The highest BCUT2D eigenvalue weighted by atomic mass is 32.1. The van der Waals surface area contributed by atoms with E-state index in [2.05, 4.69) is 27.6 Å². The molecule has 1 heterocycles. The number of nitrogens with zero attached hydrogens (tertiary/aromatic N) is 3. The van der Waals surface area contributed by atoms with E-state index in [0.29, 0.717) is 0 Å². The maximum absolute atomic E-state index is 11.1. The maximum atomic E-state index is 11.1. The van der Waals surface area contributed by atoms with Gasteiger partial charge in [-0.05, 0) is 0 Å². The zero-order chi connectivity index (χ0) is 10.7. The molecular weight excluding hydrogens is 206 g/mol. The van der Waals surface area contributed by atoms with Crippen LogP contribution in [0.1, 0.15) is 21.7 Å². The molecular formula is C7H8N3O3S. The molecule has 0 fully saturated rings. The third-order valence-corrected chi connectivity index (χ3v) is 1.97. The Morgan fingerprint density at radius 3 is 2.79 bits per heavy atom. The SMILES string of the molecule is COC(=O)c1nnc(C(S)[C]=O)n1C. The Bertz CT molecular complexity index is 363. The summed E-state index contributed by atoms with van der Waals surface area (Å²) < 4.78 is 5.80. The topological polar surface area (TPSA) is 74.1 Å². The number of hydrogen-bond donors (Lipinski definition) is 1. The van der Waals surface area contributed by atoms with Crippen molar-refractivity contribution in [2.24, 2.45) is 7.05 Å². The smallest absolute Gasteiger partial charge is 0.376 e. The van der Waals surface area contributed by atoms with Crippen LogP contribution in [0.15, 0.2) is 0 Å². The third kappa shape index (κ3) is 1.77. The van der Waals surface area contributed by atoms with Crippen LogP contribution in [0.3, 0.4) is 0 Å². The lowest BCUT2D eigenvalue weighted by atomic mass is 10.4. The van der Waals surface area contributed by atoms with Crippen molar-refractivity contribution < 1.29 is 14.3 Å². The predicted octanol–water partition coefficient (Wildman–Crippen LogP) is -0.318. The van der Waals surface area contributed by atoms with Crippen LogP contribution in [0.4, 0.5) is 0 Å². The summed E-state index contributed by atoms with van der Waals surface area (Å²) in [5, 5.41) is 6.38. The van der Waals surface area contributed by atoms with E-state index in [9.17, 15) is 9.59 Å². The molecule has 1 rings (SSSR count). The Hall–Kier alpha value is -1.37. The van der Waals surface area contributed by atoms with E-state index in [1.165, 1.54) is 11.7 Å². The third-order valence-electron chi connectivity index (χ3n) is 1.63. The van der Waals surface area contributed by atoms with Crippen molar-refractivity contribution in [3.63, 3.8) is 0 Å². The summed E-state index contributed by atoms with van der Waals surface area (Å²) >= 11 is 3.90. The lowest BCUT2D eigenvalue weighted by molar-refractivity contribution is 0.0582. The molecule has 0 aromatic carbocycles. The van der Waals surface area contributed by atoms with Gasteiger partial charge in [0.15, 0.2) is 5.82 Å². The van der Waals surface area contributed by atoms with E-state index >= 15 is 0 Å². The molecule has 6 nitrogen and oxygen atoms in total. The number of methoxy groups -OCH3 is 1. The minimum Gasteiger partial charge on any atom is -0.463 e. The monoisotopic (exact) mass is 214 g/mol. The maximum Gasteiger partial charge on any atom is 0.376 e. The van der Waals surface area contributed by atoms with Gasteiger partial charge >= 0.3 is 5.97 Å². The van der Waals surface area contributed by atoms with Gasteiger partial charge in [-0.3, -0.25) is 4.79 Å². The average Bonchev–Trinajstić information content (AvgIpc) is 2.58. The average molecular weight is 214 g/mol. The molecule has 1 aromatic rings. The van der Waals surface area contributed by atoms with E-state index < -0.39 is 11.2 Å². The quantitative estimate of drug-likeness (QED) is 0.551. The number of carbonyl (C=O) groups excluding carboxylic acids is 2. The Kier molecular flexibility index (Phi) is 3.23. The highest BCUT2D eigenvalue weighted by Gasteiger charge is 2.20. The summed E-state index contributed by atoms with van der Waals surface area (Å²) in [5.41, 5.74) is 0. The molecule has 0 saturated heterocycles. The summed E-state index contributed by atoms with van der Waals surface area (Å²) in [6.45, 7) is 0. The first-order valence-corrected chi connectivity index (χ1v) is 4.16. The molecule has 0 bridgehead atoms. The Morgan fingerprint density at radius 2 is 2.29 bits per heavy atom. The second kappa shape index (κ2) is 4.23.